The molecule has 30 heavy (non-hydrogen) atoms. The zero-order valence-electron chi connectivity index (χ0n) is 16.5. The van der Waals surface area contributed by atoms with Crippen molar-refractivity contribution >= 4 is 44.6 Å². The van der Waals surface area contributed by atoms with E-state index in [1.165, 1.54) is 23.5 Å². The van der Waals surface area contributed by atoms with E-state index in [9.17, 15) is 18.5 Å². The molecule has 0 aliphatic carbocycles. The summed E-state index contributed by atoms with van der Waals surface area (Å²) in [4.78, 5) is 11.2. The van der Waals surface area contributed by atoms with Crippen LogP contribution in [0.25, 0.3) is 0 Å². The molecule has 0 bridgehead atoms. The molecule has 156 valence electrons. The molecule has 0 radical (unpaired) electrons. The molecular weight excluding hydrogens is 424 g/mol. The average Bonchev–Trinajstić information content (AvgIpc) is 3.09. The highest BCUT2D eigenvalue weighted by Gasteiger charge is 2.23. The number of nitrogens with zero attached hydrogens (tertiary/aromatic N) is 2. The number of sulfonamides is 1. The van der Waals surface area contributed by atoms with Gasteiger partial charge in [0.25, 0.3) is 15.7 Å². The van der Waals surface area contributed by atoms with Crippen molar-refractivity contribution in [2.45, 2.75) is 25.7 Å². The quantitative estimate of drug-likeness (QED) is 0.308. The number of nitro benzene ring substituents is 1. The number of nitrogens with one attached hydrogen (secondary N) is 2. The van der Waals surface area contributed by atoms with Crippen LogP contribution in [-0.4, -0.2) is 19.6 Å². The van der Waals surface area contributed by atoms with Gasteiger partial charge in [0.15, 0.2) is 0 Å². The van der Waals surface area contributed by atoms with Crippen molar-refractivity contribution in [2.24, 2.45) is 5.10 Å². The number of nitro groups is 1. The SMILES string of the molecule is Cc1ccc(NS(=O)(=O)c2cc([N+](=O)[O-])ccc2N/N=C\c2sccc2C)c(C)c1. The van der Waals surface area contributed by atoms with Gasteiger partial charge in [-0.25, -0.2) is 8.42 Å². The number of hydrogen-bond donors (Lipinski definition) is 2. The van der Waals surface area contributed by atoms with E-state index in [1.807, 2.05) is 31.4 Å². The van der Waals surface area contributed by atoms with Gasteiger partial charge in [-0.05, 0) is 55.5 Å². The monoisotopic (exact) mass is 444 g/mol. The molecule has 8 nitrogen and oxygen atoms in total. The van der Waals surface area contributed by atoms with E-state index in [0.29, 0.717) is 5.69 Å². The third-order valence-electron chi connectivity index (χ3n) is 4.36. The van der Waals surface area contributed by atoms with E-state index >= 15 is 0 Å². The highest BCUT2D eigenvalue weighted by molar-refractivity contribution is 7.92. The van der Waals surface area contributed by atoms with Gasteiger partial charge in [0.2, 0.25) is 0 Å². The van der Waals surface area contributed by atoms with Crippen LogP contribution < -0.4 is 10.1 Å². The molecule has 3 aromatic rings. The lowest BCUT2D eigenvalue weighted by molar-refractivity contribution is -0.385. The van der Waals surface area contributed by atoms with E-state index < -0.39 is 14.9 Å². The lowest BCUT2D eigenvalue weighted by Crippen LogP contribution is -2.16. The van der Waals surface area contributed by atoms with Crippen LogP contribution in [0.5, 0.6) is 0 Å². The Morgan fingerprint density at radius 3 is 2.40 bits per heavy atom. The molecule has 0 amide bonds. The first-order valence-corrected chi connectivity index (χ1v) is 11.3. The summed E-state index contributed by atoms with van der Waals surface area (Å²) in [6, 6.07) is 10.8. The Balaban J connectivity index is 1.97. The second kappa shape index (κ2) is 8.64. The van der Waals surface area contributed by atoms with Crippen LogP contribution in [0.3, 0.4) is 0 Å². The Bertz CT molecular complexity index is 1230. The molecule has 10 heteroatoms. The van der Waals surface area contributed by atoms with E-state index in [4.69, 9.17) is 0 Å². The minimum absolute atomic E-state index is 0.128. The molecule has 1 heterocycles. The van der Waals surface area contributed by atoms with Gasteiger partial charge < -0.3 is 0 Å². The lowest BCUT2D eigenvalue weighted by atomic mass is 10.1. The third kappa shape index (κ3) is 4.84. The summed E-state index contributed by atoms with van der Waals surface area (Å²) in [6.45, 7) is 5.62. The van der Waals surface area contributed by atoms with Crippen molar-refractivity contribution in [3.8, 4) is 0 Å². The second-order valence-corrected chi connectivity index (χ2v) is 9.30. The van der Waals surface area contributed by atoms with Crippen LogP contribution in [-0.2, 0) is 10.0 Å². The number of non-ortho nitro benzene ring substituents is 1. The van der Waals surface area contributed by atoms with Gasteiger partial charge in [-0.2, -0.15) is 5.10 Å². The molecular formula is C20H20N4O4S2. The summed E-state index contributed by atoms with van der Waals surface area (Å²) in [6.07, 6.45) is 1.58. The predicted octanol–water partition coefficient (Wildman–Crippen LogP) is 4.83. The van der Waals surface area contributed by atoms with Gasteiger partial charge in [-0.3, -0.25) is 20.3 Å². The Kier molecular flexibility index (Phi) is 6.18. The molecule has 0 saturated heterocycles. The van der Waals surface area contributed by atoms with E-state index in [0.717, 1.165) is 27.6 Å². The minimum atomic E-state index is -4.12. The number of rotatable bonds is 7. The number of thiophene rings is 1. The Morgan fingerprint density at radius 1 is 1.03 bits per heavy atom. The van der Waals surface area contributed by atoms with Crippen LogP contribution in [0.15, 0.2) is 57.8 Å². The summed E-state index contributed by atoms with van der Waals surface area (Å²) in [5, 5.41) is 17.2. The molecule has 1 aromatic heterocycles. The zero-order chi connectivity index (χ0) is 21.9. The first kappa shape index (κ1) is 21.5. The van der Waals surface area contributed by atoms with Crippen molar-refractivity contribution in [1.29, 1.82) is 0 Å². The maximum Gasteiger partial charge on any atom is 0.270 e. The molecule has 3 rings (SSSR count). The van der Waals surface area contributed by atoms with Gasteiger partial charge in [-0.15, -0.1) is 11.3 Å². The van der Waals surface area contributed by atoms with E-state index in [1.54, 1.807) is 25.3 Å². The largest absolute Gasteiger partial charge is 0.279 e. The maximum atomic E-state index is 13.1. The highest BCUT2D eigenvalue weighted by Crippen LogP contribution is 2.29. The van der Waals surface area contributed by atoms with Gasteiger partial charge in [0.1, 0.15) is 4.90 Å². The third-order valence-corrected chi connectivity index (χ3v) is 6.72. The number of hydrazone groups is 1. The number of anilines is 2. The fourth-order valence-corrected chi connectivity index (χ4v) is 4.84. The Morgan fingerprint density at radius 2 is 1.77 bits per heavy atom. The summed E-state index contributed by atoms with van der Waals surface area (Å²) in [5.41, 5.74) is 5.66. The fraction of sp³-hybridized carbons (Fsp3) is 0.150. The topological polar surface area (TPSA) is 114 Å². The highest BCUT2D eigenvalue weighted by atomic mass is 32.2. The first-order valence-electron chi connectivity index (χ1n) is 8.89. The molecule has 0 atom stereocenters. The zero-order valence-corrected chi connectivity index (χ0v) is 18.2. The Labute approximate surface area is 178 Å². The van der Waals surface area contributed by atoms with E-state index in [-0.39, 0.29) is 16.3 Å². The predicted molar refractivity (Wildman–Crippen MR) is 120 cm³/mol. The second-order valence-electron chi connectivity index (χ2n) is 6.70. The van der Waals surface area contributed by atoms with Gasteiger partial charge >= 0.3 is 0 Å². The maximum absolute atomic E-state index is 13.1. The molecule has 0 aliphatic heterocycles. The van der Waals surface area contributed by atoms with Crippen LogP contribution >= 0.6 is 11.3 Å². The van der Waals surface area contributed by atoms with Crippen molar-refractivity contribution in [1.82, 2.24) is 0 Å². The van der Waals surface area contributed by atoms with Gasteiger partial charge in [0, 0.05) is 17.0 Å². The molecule has 0 aliphatic rings. The minimum Gasteiger partial charge on any atom is -0.279 e. The lowest BCUT2D eigenvalue weighted by Gasteiger charge is -2.14. The molecule has 2 N–H and O–H groups in total. The average molecular weight is 445 g/mol. The van der Waals surface area contributed by atoms with Gasteiger partial charge in [0.05, 0.1) is 22.5 Å². The Hall–Kier alpha value is -3.24. The van der Waals surface area contributed by atoms with Crippen LogP contribution in [0.2, 0.25) is 0 Å². The number of aryl methyl sites for hydroxylation is 3. The molecule has 0 unspecified atom stereocenters. The van der Waals surface area contributed by atoms with Crippen molar-refractivity contribution in [3.05, 3.63) is 79.5 Å². The van der Waals surface area contributed by atoms with Crippen LogP contribution in [0, 0.1) is 30.9 Å². The molecule has 0 spiro atoms. The molecule has 2 aromatic carbocycles. The van der Waals surface area contributed by atoms with Crippen molar-refractivity contribution < 1.29 is 13.3 Å². The van der Waals surface area contributed by atoms with E-state index in [2.05, 4.69) is 15.2 Å². The standard InChI is InChI=1S/C20H20N4O4S2/c1-13-4-6-17(15(3)10-13)23-30(27,28)20-11-16(24(25)26)5-7-18(20)22-21-12-19-14(2)8-9-29-19/h4-12,22-23H,1-3H3/b21-12-. The summed E-state index contributed by atoms with van der Waals surface area (Å²) in [7, 11) is -4.12. The van der Waals surface area contributed by atoms with Crippen molar-refractivity contribution in [3.63, 3.8) is 0 Å². The smallest absolute Gasteiger partial charge is 0.270 e. The normalized spacial score (nSPS) is 11.6. The number of benzene rings is 2. The summed E-state index contributed by atoms with van der Waals surface area (Å²) in [5.74, 6) is 0. The molecule has 0 fully saturated rings. The summed E-state index contributed by atoms with van der Waals surface area (Å²) < 4.78 is 28.6. The van der Waals surface area contributed by atoms with Crippen molar-refractivity contribution in [2.75, 3.05) is 10.1 Å². The fourth-order valence-electron chi connectivity index (χ4n) is 2.74. The first-order chi connectivity index (χ1) is 14.2. The molecule has 0 saturated carbocycles. The van der Waals surface area contributed by atoms with Gasteiger partial charge in [-0.1, -0.05) is 17.7 Å². The van der Waals surface area contributed by atoms with Crippen LogP contribution in [0.1, 0.15) is 21.6 Å². The summed E-state index contributed by atoms with van der Waals surface area (Å²) >= 11 is 1.50. The van der Waals surface area contributed by atoms with Crippen LogP contribution in [0.4, 0.5) is 17.1 Å². The number of hydrogen-bond acceptors (Lipinski definition) is 7.